The second-order valence-corrected chi connectivity index (χ2v) is 4.57. The summed E-state index contributed by atoms with van der Waals surface area (Å²) in [4.78, 5) is 19.3. The molecule has 0 heterocycles. The fraction of sp³-hybridized carbons (Fsp3) is 0.750. The van der Waals surface area contributed by atoms with Crippen LogP contribution in [-0.2, 0) is 29.1 Å². The Balaban J connectivity index is -0.000000180. The van der Waals surface area contributed by atoms with Gasteiger partial charge in [0.2, 0.25) is 0 Å². The molecule has 0 saturated carbocycles. The fourth-order valence-electron chi connectivity index (χ4n) is 0.371. The Kier molecular flexibility index (Phi) is 23.0. The minimum Gasteiger partial charge on any atom is -0.549 e. The summed E-state index contributed by atoms with van der Waals surface area (Å²) in [6, 6.07) is 0. The Labute approximate surface area is 111 Å². The second kappa shape index (κ2) is 16.7. The van der Waals surface area contributed by atoms with Crippen LogP contribution < -0.4 is 10.2 Å². The molecule has 0 aliphatic heterocycles. The summed E-state index contributed by atoms with van der Waals surface area (Å²) in [5.74, 6) is -0.0340. The van der Waals surface area contributed by atoms with Gasteiger partial charge in [-0.1, -0.05) is 13.8 Å². The topological polar surface area (TPSA) is 80.3 Å². The zero-order chi connectivity index (χ0) is 11.4. The van der Waals surface area contributed by atoms with Crippen LogP contribution in [0.2, 0.25) is 0 Å². The van der Waals surface area contributed by atoms with Crippen LogP contribution >= 0.6 is 23.5 Å². The van der Waals surface area contributed by atoms with Crippen molar-refractivity contribution in [1.82, 2.24) is 0 Å². The first-order valence-corrected chi connectivity index (χ1v) is 6.40. The van der Waals surface area contributed by atoms with Crippen LogP contribution in [-0.4, -0.2) is 35.0 Å². The number of carboxylic acid groups (broad SMARTS) is 2. The Morgan fingerprint density at radius 1 is 0.933 bits per heavy atom. The molecule has 4 nitrogen and oxygen atoms in total. The summed E-state index contributed by atoms with van der Waals surface area (Å²) in [6.07, 6.45) is 0. The molecule has 0 unspecified atom stereocenters. The van der Waals surface area contributed by atoms with Crippen molar-refractivity contribution in [3.63, 3.8) is 0 Å². The van der Waals surface area contributed by atoms with Crippen LogP contribution in [0.15, 0.2) is 0 Å². The third-order valence-electron chi connectivity index (χ3n) is 0.848. The Morgan fingerprint density at radius 2 is 1.20 bits per heavy atom. The van der Waals surface area contributed by atoms with Gasteiger partial charge in [-0.05, 0) is 11.5 Å². The van der Waals surface area contributed by atoms with E-state index in [0.29, 0.717) is 0 Å². The number of carboxylic acids is 2. The van der Waals surface area contributed by atoms with Crippen molar-refractivity contribution < 1.29 is 39.3 Å². The van der Waals surface area contributed by atoms with Crippen molar-refractivity contribution in [2.24, 2.45) is 0 Å². The predicted octanol–water partition coefficient (Wildman–Crippen LogP) is -1.02. The molecule has 0 aromatic rings. The Bertz CT molecular complexity index is 149. The van der Waals surface area contributed by atoms with E-state index in [1.54, 1.807) is 0 Å². The molecule has 0 aliphatic rings. The summed E-state index contributed by atoms with van der Waals surface area (Å²) in [7, 11) is 0. The van der Waals surface area contributed by atoms with E-state index in [9.17, 15) is 19.8 Å². The molecule has 0 spiro atoms. The molecule has 0 fully saturated rings. The van der Waals surface area contributed by atoms with E-state index in [1.807, 2.05) is 13.8 Å². The zero-order valence-electron chi connectivity index (χ0n) is 8.99. The van der Waals surface area contributed by atoms with E-state index >= 15 is 0 Å². The Morgan fingerprint density at radius 3 is 1.27 bits per heavy atom. The summed E-state index contributed by atoms with van der Waals surface area (Å²) in [5, 5.41) is 19.3. The van der Waals surface area contributed by atoms with Crippen LogP contribution in [0.4, 0.5) is 0 Å². The van der Waals surface area contributed by atoms with E-state index in [1.165, 1.54) is 23.5 Å². The first-order valence-electron chi connectivity index (χ1n) is 4.09. The molecule has 0 rings (SSSR count). The fourth-order valence-corrected chi connectivity index (χ4v) is 1.11. The minimum atomic E-state index is -0.980. The van der Waals surface area contributed by atoms with Crippen molar-refractivity contribution in [1.29, 1.82) is 0 Å². The molecule has 7 heteroatoms. The standard InChI is InChI=1S/2C4H8O2S.Zn/c2*1-2-7-3-4(5)6;/h2*2-3H2,1H3,(H,5,6);/q;;+2/p-2. The van der Waals surface area contributed by atoms with Crippen LogP contribution in [0.1, 0.15) is 13.8 Å². The Hall–Kier alpha value is 0.263. The van der Waals surface area contributed by atoms with E-state index in [-0.39, 0.29) is 31.0 Å². The first-order chi connectivity index (χ1) is 6.54. The summed E-state index contributed by atoms with van der Waals surface area (Å²) in [6.45, 7) is 3.82. The van der Waals surface area contributed by atoms with Crippen molar-refractivity contribution >= 4 is 35.5 Å². The van der Waals surface area contributed by atoms with Gasteiger partial charge in [0.1, 0.15) is 0 Å². The third-order valence-corrected chi connectivity index (χ3v) is 2.54. The van der Waals surface area contributed by atoms with Crippen molar-refractivity contribution in [3.8, 4) is 0 Å². The van der Waals surface area contributed by atoms with Gasteiger partial charge in [0.25, 0.3) is 0 Å². The number of carbonyl (C=O) groups excluding carboxylic acids is 2. The van der Waals surface area contributed by atoms with E-state index in [4.69, 9.17) is 0 Å². The molecule has 0 N–H and O–H groups in total. The number of hydrogen-bond acceptors (Lipinski definition) is 6. The molecule has 84 valence electrons. The first kappa shape index (κ1) is 20.6. The minimum absolute atomic E-state index is 0. The number of hydrogen-bond donors (Lipinski definition) is 0. The number of aliphatic carboxylic acids is 2. The largest absolute Gasteiger partial charge is 2.00 e. The molecule has 0 radical (unpaired) electrons. The van der Waals surface area contributed by atoms with E-state index in [2.05, 4.69) is 0 Å². The summed E-state index contributed by atoms with van der Waals surface area (Å²) >= 11 is 2.71. The van der Waals surface area contributed by atoms with Crippen molar-refractivity contribution in [3.05, 3.63) is 0 Å². The summed E-state index contributed by atoms with van der Waals surface area (Å²) < 4.78 is 0. The molecule has 0 aromatic carbocycles. The average Bonchev–Trinajstić information content (AvgIpc) is 2.12. The number of thioether (sulfide) groups is 2. The molecule has 0 amide bonds. The molecular formula is C8H14O4S2Zn. The van der Waals surface area contributed by atoms with Crippen LogP contribution in [0.3, 0.4) is 0 Å². The van der Waals surface area contributed by atoms with Gasteiger partial charge in [-0.15, -0.1) is 0 Å². The average molecular weight is 304 g/mol. The van der Waals surface area contributed by atoms with Crippen LogP contribution in [0.5, 0.6) is 0 Å². The molecule has 0 aromatic heterocycles. The monoisotopic (exact) mass is 302 g/mol. The number of rotatable bonds is 6. The molecule has 0 aliphatic carbocycles. The van der Waals surface area contributed by atoms with Crippen LogP contribution in [0.25, 0.3) is 0 Å². The van der Waals surface area contributed by atoms with Gasteiger partial charge in [-0.25, -0.2) is 0 Å². The summed E-state index contributed by atoms with van der Waals surface area (Å²) in [5.41, 5.74) is 0. The smallest absolute Gasteiger partial charge is 0.549 e. The van der Waals surface area contributed by atoms with Gasteiger partial charge in [0, 0.05) is 11.5 Å². The maximum absolute atomic E-state index is 9.63. The van der Waals surface area contributed by atoms with E-state index in [0.717, 1.165) is 11.5 Å². The maximum atomic E-state index is 9.63. The second-order valence-electron chi connectivity index (χ2n) is 2.02. The van der Waals surface area contributed by atoms with Gasteiger partial charge in [0.15, 0.2) is 0 Å². The van der Waals surface area contributed by atoms with Crippen molar-refractivity contribution in [2.75, 3.05) is 23.0 Å². The molecule has 15 heavy (non-hydrogen) atoms. The van der Waals surface area contributed by atoms with Crippen LogP contribution in [0, 0.1) is 0 Å². The van der Waals surface area contributed by atoms with Gasteiger partial charge in [-0.2, -0.15) is 23.5 Å². The quantitative estimate of drug-likeness (QED) is 0.584. The molecule has 0 saturated heterocycles. The zero-order valence-corrected chi connectivity index (χ0v) is 13.6. The number of carbonyl (C=O) groups is 2. The van der Waals surface area contributed by atoms with Gasteiger partial charge in [-0.3, -0.25) is 0 Å². The van der Waals surface area contributed by atoms with Gasteiger partial charge < -0.3 is 19.8 Å². The normalized spacial score (nSPS) is 8.13. The predicted molar refractivity (Wildman–Crippen MR) is 56.0 cm³/mol. The van der Waals surface area contributed by atoms with E-state index < -0.39 is 11.9 Å². The molecule has 0 atom stereocenters. The van der Waals surface area contributed by atoms with Crippen molar-refractivity contribution in [2.45, 2.75) is 13.8 Å². The molecular weight excluding hydrogens is 290 g/mol. The third kappa shape index (κ3) is 31.4. The van der Waals surface area contributed by atoms with Gasteiger partial charge >= 0.3 is 19.5 Å². The van der Waals surface area contributed by atoms with Gasteiger partial charge in [0.05, 0.1) is 11.9 Å². The molecule has 0 bridgehead atoms. The SMILES string of the molecule is CCSCC(=O)[O-].CCSCC(=O)[O-].[Zn+2]. The maximum Gasteiger partial charge on any atom is 2.00 e.